The van der Waals surface area contributed by atoms with E-state index in [0.717, 1.165) is 21.3 Å². The summed E-state index contributed by atoms with van der Waals surface area (Å²) in [7, 11) is 1.60. The van der Waals surface area contributed by atoms with E-state index in [9.17, 15) is 4.79 Å². The SMILES string of the molecule is COc1ccc(C)cc1CC(=O)c1ccc(Br)cc1Cl. The van der Waals surface area contributed by atoms with E-state index in [1.165, 1.54) is 0 Å². The molecular weight excluding hydrogens is 340 g/mol. The Bertz CT molecular complexity index is 653. The van der Waals surface area contributed by atoms with Crippen molar-refractivity contribution in [2.24, 2.45) is 0 Å². The number of ether oxygens (including phenoxy) is 1. The molecule has 2 rings (SSSR count). The first-order valence-electron chi connectivity index (χ1n) is 6.13. The smallest absolute Gasteiger partial charge is 0.168 e. The van der Waals surface area contributed by atoms with Crippen LogP contribution in [0.15, 0.2) is 40.9 Å². The maximum atomic E-state index is 12.4. The highest BCUT2D eigenvalue weighted by Crippen LogP contribution is 2.25. The molecular formula is C16H14BrClO2. The highest BCUT2D eigenvalue weighted by Gasteiger charge is 2.14. The van der Waals surface area contributed by atoms with Crippen molar-refractivity contribution in [3.05, 3.63) is 62.6 Å². The first-order chi connectivity index (χ1) is 9.51. The molecule has 0 radical (unpaired) electrons. The van der Waals surface area contributed by atoms with Crippen LogP contribution in [0.5, 0.6) is 5.75 Å². The van der Waals surface area contributed by atoms with Crippen LogP contribution in [0.2, 0.25) is 5.02 Å². The number of hydrogen-bond donors (Lipinski definition) is 0. The van der Waals surface area contributed by atoms with Crippen molar-refractivity contribution in [1.82, 2.24) is 0 Å². The molecule has 0 saturated heterocycles. The van der Waals surface area contributed by atoms with Crippen molar-refractivity contribution >= 4 is 33.3 Å². The quantitative estimate of drug-likeness (QED) is 0.735. The van der Waals surface area contributed by atoms with E-state index in [1.807, 2.05) is 31.2 Å². The predicted molar refractivity (Wildman–Crippen MR) is 84.9 cm³/mol. The predicted octanol–water partition coefficient (Wildman–Crippen LogP) is 4.84. The number of halogens is 2. The van der Waals surface area contributed by atoms with Gasteiger partial charge < -0.3 is 4.74 Å². The molecule has 0 aliphatic rings. The number of carbonyl (C=O) groups is 1. The van der Waals surface area contributed by atoms with E-state index in [2.05, 4.69) is 15.9 Å². The summed E-state index contributed by atoms with van der Waals surface area (Å²) in [5.74, 6) is 0.698. The summed E-state index contributed by atoms with van der Waals surface area (Å²) in [5, 5.41) is 0.455. The zero-order valence-electron chi connectivity index (χ0n) is 11.2. The van der Waals surface area contributed by atoms with Gasteiger partial charge in [0, 0.05) is 22.0 Å². The van der Waals surface area contributed by atoms with Gasteiger partial charge in [0.15, 0.2) is 5.78 Å². The summed E-state index contributed by atoms with van der Waals surface area (Å²) in [6.07, 6.45) is 0.270. The summed E-state index contributed by atoms with van der Waals surface area (Å²) < 4.78 is 6.15. The normalized spacial score (nSPS) is 10.4. The van der Waals surface area contributed by atoms with E-state index in [0.29, 0.717) is 10.6 Å². The molecule has 0 aromatic heterocycles. The molecule has 0 amide bonds. The van der Waals surface area contributed by atoms with Crippen molar-refractivity contribution in [3.8, 4) is 5.75 Å². The lowest BCUT2D eigenvalue weighted by molar-refractivity contribution is 0.0992. The minimum absolute atomic E-state index is 0.0219. The van der Waals surface area contributed by atoms with Gasteiger partial charge in [-0.3, -0.25) is 4.79 Å². The van der Waals surface area contributed by atoms with Crippen LogP contribution < -0.4 is 4.74 Å². The highest BCUT2D eigenvalue weighted by atomic mass is 79.9. The second kappa shape index (κ2) is 6.42. The Balaban J connectivity index is 2.30. The molecule has 0 spiro atoms. The first kappa shape index (κ1) is 15.1. The van der Waals surface area contributed by atoms with Gasteiger partial charge >= 0.3 is 0 Å². The molecule has 0 aliphatic carbocycles. The van der Waals surface area contributed by atoms with E-state index in [-0.39, 0.29) is 12.2 Å². The van der Waals surface area contributed by atoms with Crippen LogP contribution in [-0.2, 0) is 6.42 Å². The summed E-state index contributed by atoms with van der Waals surface area (Å²) >= 11 is 9.44. The van der Waals surface area contributed by atoms with E-state index < -0.39 is 0 Å². The zero-order valence-corrected chi connectivity index (χ0v) is 13.6. The van der Waals surface area contributed by atoms with Gasteiger partial charge in [0.1, 0.15) is 5.75 Å². The first-order valence-corrected chi connectivity index (χ1v) is 7.30. The fourth-order valence-electron chi connectivity index (χ4n) is 2.03. The summed E-state index contributed by atoms with van der Waals surface area (Å²) in [6.45, 7) is 1.99. The number of ketones is 1. The van der Waals surface area contributed by atoms with Crippen LogP contribution in [0.25, 0.3) is 0 Å². The average molecular weight is 354 g/mol. The fraction of sp³-hybridized carbons (Fsp3) is 0.188. The number of hydrogen-bond acceptors (Lipinski definition) is 2. The van der Waals surface area contributed by atoms with Gasteiger partial charge in [-0.05, 0) is 31.2 Å². The maximum absolute atomic E-state index is 12.4. The van der Waals surface area contributed by atoms with Crippen LogP contribution in [0.4, 0.5) is 0 Å². The van der Waals surface area contributed by atoms with Gasteiger partial charge in [0.25, 0.3) is 0 Å². The Labute approximate surface area is 131 Å². The average Bonchev–Trinajstić information content (AvgIpc) is 2.38. The van der Waals surface area contributed by atoms with Crippen LogP contribution >= 0.6 is 27.5 Å². The third kappa shape index (κ3) is 3.41. The van der Waals surface area contributed by atoms with Crippen molar-refractivity contribution in [1.29, 1.82) is 0 Å². The Morgan fingerprint density at radius 1 is 1.25 bits per heavy atom. The van der Waals surface area contributed by atoms with Crippen molar-refractivity contribution in [3.63, 3.8) is 0 Å². The summed E-state index contributed by atoms with van der Waals surface area (Å²) in [6, 6.07) is 11.1. The van der Waals surface area contributed by atoms with E-state index in [4.69, 9.17) is 16.3 Å². The third-order valence-electron chi connectivity index (χ3n) is 3.02. The second-order valence-corrected chi connectivity index (χ2v) is 5.86. The van der Waals surface area contributed by atoms with Gasteiger partial charge in [-0.1, -0.05) is 45.2 Å². The Morgan fingerprint density at radius 3 is 2.65 bits per heavy atom. The maximum Gasteiger partial charge on any atom is 0.168 e. The van der Waals surface area contributed by atoms with Crippen LogP contribution in [0.1, 0.15) is 21.5 Å². The minimum Gasteiger partial charge on any atom is -0.496 e. The zero-order chi connectivity index (χ0) is 14.7. The number of methoxy groups -OCH3 is 1. The van der Waals surface area contributed by atoms with Crippen LogP contribution in [-0.4, -0.2) is 12.9 Å². The second-order valence-electron chi connectivity index (χ2n) is 4.54. The Kier molecular flexibility index (Phi) is 4.84. The molecule has 20 heavy (non-hydrogen) atoms. The van der Waals surface area contributed by atoms with E-state index >= 15 is 0 Å². The molecule has 0 fully saturated rings. The number of Topliss-reactive ketones (excluding diaryl/α,β-unsaturated/α-hetero) is 1. The molecule has 2 nitrogen and oxygen atoms in total. The molecule has 104 valence electrons. The minimum atomic E-state index is -0.0219. The molecule has 0 unspecified atom stereocenters. The fourth-order valence-corrected chi connectivity index (χ4v) is 2.81. The van der Waals surface area contributed by atoms with Crippen LogP contribution in [0, 0.1) is 6.92 Å². The van der Waals surface area contributed by atoms with Gasteiger partial charge in [0.05, 0.1) is 12.1 Å². The van der Waals surface area contributed by atoms with Crippen LogP contribution in [0.3, 0.4) is 0 Å². The van der Waals surface area contributed by atoms with Crippen molar-refractivity contribution in [2.75, 3.05) is 7.11 Å². The lowest BCUT2D eigenvalue weighted by Crippen LogP contribution is -2.06. The number of rotatable bonds is 4. The Morgan fingerprint density at radius 2 is 2.00 bits per heavy atom. The lowest BCUT2D eigenvalue weighted by atomic mass is 10.0. The van der Waals surface area contributed by atoms with Gasteiger partial charge in [-0.2, -0.15) is 0 Å². The standard InChI is InChI=1S/C16H14BrClO2/c1-10-3-6-16(20-2)11(7-10)8-15(19)13-5-4-12(17)9-14(13)18/h3-7,9H,8H2,1-2H3. The molecule has 0 heterocycles. The Hall–Kier alpha value is -1.32. The third-order valence-corrected chi connectivity index (χ3v) is 3.82. The molecule has 2 aromatic carbocycles. The molecule has 2 aromatic rings. The monoisotopic (exact) mass is 352 g/mol. The largest absolute Gasteiger partial charge is 0.496 e. The molecule has 4 heteroatoms. The number of carbonyl (C=O) groups excluding carboxylic acids is 1. The van der Waals surface area contributed by atoms with E-state index in [1.54, 1.807) is 19.2 Å². The lowest BCUT2D eigenvalue weighted by Gasteiger charge is -2.10. The number of aryl methyl sites for hydroxylation is 1. The highest BCUT2D eigenvalue weighted by molar-refractivity contribution is 9.10. The topological polar surface area (TPSA) is 26.3 Å². The number of benzene rings is 2. The molecule has 0 N–H and O–H groups in total. The van der Waals surface area contributed by atoms with Crippen molar-refractivity contribution < 1.29 is 9.53 Å². The van der Waals surface area contributed by atoms with Gasteiger partial charge in [-0.15, -0.1) is 0 Å². The molecule has 0 aliphatic heterocycles. The van der Waals surface area contributed by atoms with Gasteiger partial charge in [0.2, 0.25) is 0 Å². The summed E-state index contributed by atoms with van der Waals surface area (Å²) in [5.41, 5.74) is 2.49. The molecule has 0 bridgehead atoms. The summed E-state index contributed by atoms with van der Waals surface area (Å²) in [4.78, 5) is 12.4. The molecule has 0 saturated carbocycles. The molecule has 0 atom stereocenters. The van der Waals surface area contributed by atoms with Gasteiger partial charge in [-0.25, -0.2) is 0 Å². The van der Waals surface area contributed by atoms with Crippen molar-refractivity contribution in [2.45, 2.75) is 13.3 Å².